The predicted octanol–water partition coefficient (Wildman–Crippen LogP) is 6.60. The Hall–Kier alpha value is -4.46. The fraction of sp³-hybridized carbons (Fsp3) is 0.241. The van der Waals surface area contributed by atoms with E-state index in [1.165, 1.54) is 0 Å². The quantitative estimate of drug-likeness (QED) is 0.271. The molecule has 0 saturated carbocycles. The molecule has 0 fully saturated rings. The van der Waals surface area contributed by atoms with Crippen LogP contribution in [0.2, 0.25) is 0 Å². The molecular formula is C29H26N4O4. The maximum Gasteiger partial charge on any atom is 0.337 e. The van der Waals surface area contributed by atoms with E-state index in [0.717, 1.165) is 50.8 Å². The van der Waals surface area contributed by atoms with Gasteiger partial charge in [0.1, 0.15) is 11.1 Å². The summed E-state index contributed by atoms with van der Waals surface area (Å²) in [5.74, 6) is 0.202. The van der Waals surface area contributed by atoms with Gasteiger partial charge in [-0.25, -0.2) is 4.79 Å². The molecule has 2 atom stereocenters. The minimum Gasteiger partial charge on any atom is -0.478 e. The molecule has 8 nitrogen and oxygen atoms in total. The zero-order valence-electron chi connectivity index (χ0n) is 21.0. The lowest BCUT2D eigenvalue weighted by atomic mass is 9.68. The van der Waals surface area contributed by atoms with Crippen molar-refractivity contribution in [2.45, 2.75) is 45.6 Å². The van der Waals surface area contributed by atoms with Gasteiger partial charge in [0.25, 0.3) is 5.89 Å². The summed E-state index contributed by atoms with van der Waals surface area (Å²) in [6.45, 7) is 8.02. The fourth-order valence-electron chi connectivity index (χ4n) is 5.30. The van der Waals surface area contributed by atoms with Crippen molar-refractivity contribution < 1.29 is 18.8 Å². The standard InChI is InChI=1S/C29H26N4O4/c1-15-11-20(16(2)31-23-8-6-5-7-19(23)28(34)35)25-21(12-15)24-26(36-25)22(9-10-30-24)29(4)13-18(14-29)27-32-17(3)33-37-27/h5-13,16,31H,14H2,1-4H3,(H,34,35). The molecule has 0 spiro atoms. The van der Waals surface area contributed by atoms with Crippen LogP contribution in [0.15, 0.2) is 63.7 Å². The summed E-state index contributed by atoms with van der Waals surface area (Å²) in [4.78, 5) is 20.8. The number of para-hydroxylation sites is 1. The van der Waals surface area contributed by atoms with Gasteiger partial charge < -0.3 is 19.4 Å². The van der Waals surface area contributed by atoms with Crippen LogP contribution in [0.1, 0.15) is 65.1 Å². The smallest absolute Gasteiger partial charge is 0.337 e. The van der Waals surface area contributed by atoms with Gasteiger partial charge in [-0.15, -0.1) is 0 Å². The highest BCUT2D eigenvalue weighted by molar-refractivity contribution is 6.05. The topological polar surface area (TPSA) is 114 Å². The van der Waals surface area contributed by atoms with E-state index in [1.54, 1.807) is 18.2 Å². The Kier molecular flexibility index (Phi) is 5.15. The third-order valence-corrected chi connectivity index (χ3v) is 7.09. The van der Waals surface area contributed by atoms with E-state index in [9.17, 15) is 9.90 Å². The molecule has 5 aromatic rings. The van der Waals surface area contributed by atoms with Crippen LogP contribution in [-0.4, -0.2) is 26.2 Å². The number of aryl methyl sites for hydroxylation is 2. The lowest BCUT2D eigenvalue weighted by Gasteiger charge is -2.35. The van der Waals surface area contributed by atoms with Crippen LogP contribution in [0.4, 0.5) is 5.69 Å². The number of nitrogens with zero attached hydrogens (tertiary/aromatic N) is 3. The molecule has 186 valence electrons. The number of carboxylic acid groups (broad SMARTS) is 1. The lowest BCUT2D eigenvalue weighted by molar-refractivity contribution is 0.0698. The first kappa shape index (κ1) is 23.0. The largest absolute Gasteiger partial charge is 0.478 e. The third kappa shape index (κ3) is 3.76. The highest BCUT2D eigenvalue weighted by Crippen LogP contribution is 2.48. The summed E-state index contributed by atoms with van der Waals surface area (Å²) >= 11 is 0. The van der Waals surface area contributed by atoms with Crippen molar-refractivity contribution in [3.05, 3.63) is 88.7 Å². The van der Waals surface area contributed by atoms with Crippen molar-refractivity contribution in [3.63, 3.8) is 0 Å². The molecule has 3 heterocycles. The third-order valence-electron chi connectivity index (χ3n) is 7.09. The Morgan fingerprint density at radius 2 is 1.95 bits per heavy atom. The van der Waals surface area contributed by atoms with E-state index in [4.69, 9.17) is 13.9 Å². The van der Waals surface area contributed by atoms with Gasteiger partial charge >= 0.3 is 5.97 Å². The number of rotatable bonds is 6. The summed E-state index contributed by atoms with van der Waals surface area (Å²) in [7, 11) is 0. The number of benzene rings is 2. The summed E-state index contributed by atoms with van der Waals surface area (Å²) in [5, 5.41) is 17.8. The van der Waals surface area contributed by atoms with Crippen LogP contribution < -0.4 is 5.32 Å². The number of furan rings is 1. The summed E-state index contributed by atoms with van der Waals surface area (Å²) < 4.78 is 11.9. The monoisotopic (exact) mass is 494 g/mol. The number of anilines is 1. The molecule has 1 aliphatic carbocycles. The van der Waals surface area contributed by atoms with Gasteiger partial charge in [-0.2, -0.15) is 4.98 Å². The van der Waals surface area contributed by atoms with E-state index in [1.807, 2.05) is 39.1 Å². The average Bonchev–Trinajstić information content (AvgIpc) is 3.45. The number of hydrogen-bond donors (Lipinski definition) is 2. The highest BCUT2D eigenvalue weighted by atomic mass is 16.5. The second kappa shape index (κ2) is 8.30. The molecule has 8 heteroatoms. The molecule has 0 saturated heterocycles. The molecular weight excluding hydrogens is 468 g/mol. The van der Waals surface area contributed by atoms with E-state index in [2.05, 4.69) is 40.6 Å². The number of aromatic nitrogens is 3. The van der Waals surface area contributed by atoms with Crippen LogP contribution in [0.3, 0.4) is 0 Å². The van der Waals surface area contributed by atoms with Gasteiger partial charge in [0.05, 0.1) is 11.6 Å². The number of allylic oxidation sites excluding steroid dienone is 2. The van der Waals surface area contributed by atoms with Crippen molar-refractivity contribution in [1.82, 2.24) is 15.1 Å². The second-order valence-electron chi connectivity index (χ2n) is 10.00. The fourth-order valence-corrected chi connectivity index (χ4v) is 5.30. The van der Waals surface area contributed by atoms with Gasteiger partial charge in [0.2, 0.25) is 0 Å². The Labute approximate surface area is 213 Å². The average molecular weight is 495 g/mol. The zero-order valence-corrected chi connectivity index (χ0v) is 21.0. The summed E-state index contributed by atoms with van der Waals surface area (Å²) in [6, 6.07) is 12.9. The van der Waals surface area contributed by atoms with Gasteiger partial charge in [-0.3, -0.25) is 4.98 Å². The van der Waals surface area contributed by atoms with Crippen molar-refractivity contribution in [3.8, 4) is 0 Å². The summed E-state index contributed by atoms with van der Waals surface area (Å²) in [6.07, 6.45) is 4.73. The van der Waals surface area contributed by atoms with E-state index in [-0.39, 0.29) is 17.0 Å². The number of carboxylic acids is 1. The van der Waals surface area contributed by atoms with Gasteiger partial charge in [-0.1, -0.05) is 36.4 Å². The minimum atomic E-state index is -0.973. The Morgan fingerprint density at radius 3 is 2.68 bits per heavy atom. The van der Waals surface area contributed by atoms with E-state index < -0.39 is 5.97 Å². The van der Waals surface area contributed by atoms with Crippen molar-refractivity contribution in [2.24, 2.45) is 0 Å². The molecule has 0 bridgehead atoms. The number of fused-ring (bicyclic) bond motifs is 3. The van der Waals surface area contributed by atoms with Crippen LogP contribution in [0.25, 0.3) is 27.6 Å². The van der Waals surface area contributed by atoms with Crippen LogP contribution >= 0.6 is 0 Å². The molecule has 2 N–H and O–H groups in total. The molecule has 0 amide bonds. The first-order valence-electron chi connectivity index (χ1n) is 12.2. The number of nitrogens with one attached hydrogen (secondary N) is 1. The van der Waals surface area contributed by atoms with Gasteiger partial charge in [-0.05, 0) is 57.0 Å². The predicted molar refractivity (Wildman–Crippen MR) is 141 cm³/mol. The molecule has 0 radical (unpaired) electrons. The number of pyridine rings is 1. The lowest BCUT2D eigenvalue weighted by Crippen LogP contribution is -2.28. The second-order valence-corrected chi connectivity index (χ2v) is 10.00. The normalized spacial score (nSPS) is 18.0. The van der Waals surface area contributed by atoms with Crippen LogP contribution in [-0.2, 0) is 5.41 Å². The highest BCUT2D eigenvalue weighted by Gasteiger charge is 2.39. The van der Waals surface area contributed by atoms with Crippen molar-refractivity contribution in [2.75, 3.05) is 5.32 Å². The Bertz CT molecular complexity index is 1730. The molecule has 37 heavy (non-hydrogen) atoms. The first-order chi connectivity index (χ1) is 17.7. The van der Waals surface area contributed by atoms with Crippen LogP contribution in [0, 0.1) is 13.8 Å². The maximum absolute atomic E-state index is 11.7. The Morgan fingerprint density at radius 1 is 1.16 bits per heavy atom. The van der Waals surface area contributed by atoms with Gasteiger partial charge in [0, 0.05) is 39.4 Å². The number of aromatic carboxylic acids is 1. The van der Waals surface area contributed by atoms with E-state index in [0.29, 0.717) is 17.4 Å². The number of hydrogen-bond acceptors (Lipinski definition) is 7. The van der Waals surface area contributed by atoms with Crippen molar-refractivity contribution >= 4 is 39.3 Å². The van der Waals surface area contributed by atoms with Crippen LogP contribution in [0.5, 0.6) is 0 Å². The van der Waals surface area contributed by atoms with Crippen molar-refractivity contribution in [1.29, 1.82) is 0 Å². The first-order valence-corrected chi connectivity index (χ1v) is 12.2. The summed E-state index contributed by atoms with van der Waals surface area (Å²) in [5.41, 5.74) is 6.92. The number of carbonyl (C=O) groups is 1. The molecule has 1 aliphatic rings. The molecule has 0 aliphatic heterocycles. The van der Waals surface area contributed by atoms with E-state index >= 15 is 0 Å². The Balaban J connectivity index is 1.44. The minimum absolute atomic E-state index is 0.210. The molecule has 2 aromatic carbocycles. The molecule has 2 unspecified atom stereocenters. The zero-order chi connectivity index (χ0) is 25.9. The van der Waals surface area contributed by atoms with Gasteiger partial charge in [0.15, 0.2) is 11.4 Å². The SMILES string of the molecule is Cc1cc(C(C)Nc2ccccc2C(=O)O)c2oc3c(C4(C)C=C(c5nc(C)no5)C4)ccnc3c2c1. The molecule has 6 rings (SSSR count). The maximum atomic E-state index is 11.7. The molecule has 3 aromatic heterocycles.